The van der Waals surface area contributed by atoms with Crippen LogP contribution in [0.1, 0.15) is 15.2 Å². The summed E-state index contributed by atoms with van der Waals surface area (Å²) >= 11 is 1.34. The van der Waals surface area contributed by atoms with E-state index in [0.29, 0.717) is 34.7 Å². The largest absolute Gasteiger partial charge is 0.497 e. The first-order valence-electron chi connectivity index (χ1n) is 11.2. The summed E-state index contributed by atoms with van der Waals surface area (Å²) in [4.78, 5) is 18.2. The van der Waals surface area contributed by atoms with Crippen LogP contribution in [0.25, 0.3) is 10.1 Å². The summed E-state index contributed by atoms with van der Waals surface area (Å²) in [5.41, 5.74) is 1.72. The molecule has 0 bridgehead atoms. The minimum Gasteiger partial charge on any atom is -0.497 e. The van der Waals surface area contributed by atoms with Gasteiger partial charge >= 0.3 is 0 Å². The number of nitrogens with zero attached hydrogens (tertiary/aromatic N) is 2. The second-order valence-corrected chi connectivity index (χ2v) is 9.15. The molecule has 5 rings (SSSR count). The number of anilines is 1. The molecule has 0 radical (unpaired) electrons. The SMILES string of the molecule is COc1ccc(N2CCN(C(=O)c3sc4cccc(F)c4c3COc3ccccc3)CC2)cc1. The molecule has 0 atom stereocenters. The van der Waals surface area contributed by atoms with Crippen molar-refractivity contribution in [2.45, 2.75) is 6.61 Å². The zero-order chi connectivity index (χ0) is 23.5. The molecule has 0 aliphatic carbocycles. The number of carbonyl (C=O) groups is 1. The molecule has 34 heavy (non-hydrogen) atoms. The van der Waals surface area contributed by atoms with Crippen LogP contribution < -0.4 is 14.4 Å². The summed E-state index contributed by atoms with van der Waals surface area (Å²) < 4.78 is 26.7. The van der Waals surface area contributed by atoms with Crippen LogP contribution in [-0.4, -0.2) is 44.1 Å². The van der Waals surface area contributed by atoms with E-state index in [4.69, 9.17) is 9.47 Å². The second-order valence-electron chi connectivity index (χ2n) is 8.10. The highest BCUT2D eigenvalue weighted by atomic mass is 32.1. The van der Waals surface area contributed by atoms with Gasteiger partial charge in [0, 0.05) is 47.5 Å². The van der Waals surface area contributed by atoms with Gasteiger partial charge in [0.25, 0.3) is 5.91 Å². The van der Waals surface area contributed by atoms with E-state index >= 15 is 0 Å². The van der Waals surface area contributed by atoms with Crippen LogP contribution in [0.4, 0.5) is 10.1 Å². The van der Waals surface area contributed by atoms with Gasteiger partial charge in [0.15, 0.2) is 0 Å². The Morgan fingerprint density at radius 1 is 0.912 bits per heavy atom. The van der Waals surface area contributed by atoms with Crippen molar-refractivity contribution in [3.05, 3.63) is 89.1 Å². The van der Waals surface area contributed by atoms with Gasteiger partial charge < -0.3 is 19.3 Å². The number of benzene rings is 3. The van der Waals surface area contributed by atoms with Crippen LogP contribution in [0.5, 0.6) is 11.5 Å². The van der Waals surface area contributed by atoms with Crippen LogP contribution >= 0.6 is 11.3 Å². The lowest BCUT2D eigenvalue weighted by Crippen LogP contribution is -2.48. The molecular weight excluding hydrogens is 451 g/mol. The number of ether oxygens (including phenoxy) is 2. The molecule has 4 aromatic rings. The van der Waals surface area contributed by atoms with Gasteiger partial charge in [0.2, 0.25) is 0 Å². The lowest BCUT2D eigenvalue weighted by atomic mass is 10.1. The number of methoxy groups -OCH3 is 1. The van der Waals surface area contributed by atoms with Crippen molar-refractivity contribution >= 4 is 33.0 Å². The first-order chi connectivity index (χ1) is 16.6. The van der Waals surface area contributed by atoms with E-state index in [0.717, 1.165) is 29.2 Å². The summed E-state index contributed by atoms with van der Waals surface area (Å²) in [7, 11) is 1.65. The molecule has 3 aromatic carbocycles. The summed E-state index contributed by atoms with van der Waals surface area (Å²) in [6.07, 6.45) is 0. The van der Waals surface area contributed by atoms with E-state index in [9.17, 15) is 9.18 Å². The maximum atomic E-state index is 14.8. The number of piperazine rings is 1. The van der Waals surface area contributed by atoms with Crippen LogP contribution in [0.3, 0.4) is 0 Å². The smallest absolute Gasteiger partial charge is 0.264 e. The van der Waals surface area contributed by atoms with Crippen molar-refractivity contribution in [1.29, 1.82) is 0 Å². The lowest BCUT2D eigenvalue weighted by Gasteiger charge is -2.36. The Balaban J connectivity index is 1.36. The van der Waals surface area contributed by atoms with E-state index in [1.54, 1.807) is 13.2 Å². The minimum atomic E-state index is -0.330. The summed E-state index contributed by atoms with van der Waals surface area (Å²) in [6, 6.07) is 22.3. The minimum absolute atomic E-state index is 0.0679. The Bertz CT molecular complexity index is 1280. The molecule has 1 amide bonds. The summed E-state index contributed by atoms with van der Waals surface area (Å²) in [6.45, 7) is 2.79. The van der Waals surface area contributed by atoms with Gasteiger partial charge in [-0.3, -0.25) is 4.79 Å². The number of thiophene rings is 1. The normalized spacial score (nSPS) is 13.8. The third-order valence-electron chi connectivity index (χ3n) is 6.09. The predicted molar refractivity (Wildman–Crippen MR) is 134 cm³/mol. The van der Waals surface area contributed by atoms with Gasteiger partial charge in [-0.2, -0.15) is 0 Å². The highest BCUT2D eigenvalue weighted by Crippen LogP contribution is 2.35. The number of fused-ring (bicyclic) bond motifs is 1. The number of para-hydroxylation sites is 1. The Morgan fingerprint density at radius 3 is 2.35 bits per heavy atom. The molecule has 0 unspecified atom stereocenters. The average molecular weight is 477 g/mol. The van der Waals surface area contributed by atoms with Crippen molar-refractivity contribution in [3.8, 4) is 11.5 Å². The van der Waals surface area contributed by atoms with Crippen molar-refractivity contribution < 1.29 is 18.7 Å². The van der Waals surface area contributed by atoms with Crippen molar-refractivity contribution in [2.24, 2.45) is 0 Å². The number of carbonyl (C=O) groups excluding carboxylic acids is 1. The molecule has 0 N–H and O–H groups in total. The predicted octanol–water partition coefficient (Wildman–Crippen LogP) is 5.59. The monoisotopic (exact) mass is 476 g/mol. The van der Waals surface area contributed by atoms with Crippen LogP contribution in [0.2, 0.25) is 0 Å². The fourth-order valence-corrected chi connectivity index (χ4v) is 5.44. The molecule has 1 fully saturated rings. The first-order valence-corrected chi connectivity index (χ1v) is 12.0. The molecule has 1 saturated heterocycles. The average Bonchev–Trinajstić information content (AvgIpc) is 3.27. The fourth-order valence-electron chi connectivity index (χ4n) is 4.25. The van der Waals surface area contributed by atoms with E-state index in [-0.39, 0.29) is 18.3 Å². The van der Waals surface area contributed by atoms with Crippen molar-refractivity contribution in [1.82, 2.24) is 4.90 Å². The number of hydrogen-bond acceptors (Lipinski definition) is 5. The Labute approximate surface area is 201 Å². The fraction of sp³-hybridized carbons (Fsp3) is 0.222. The van der Waals surface area contributed by atoms with E-state index in [1.807, 2.05) is 65.6 Å². The van der Waals surface area contributed by atoms with E-state index in [1.165, 1.54) is 17.4 Å². The van der Waals surface area contributed by atoms with Crippen LogP contribution in [-0.2, 0) is 6.61 Å². The number of amides is 1. The number of hydrogen-bond donors (Lipinski definition) is 0. The molecule has 1 aliphatic rings. The maximum absolute atomic E-state index is 14.8. The van der Waals surface area contributed by atoms with Gasteiger partial charge in [-0.1, -0.05) is 24.3 Å². The highest BCUT2D eigenvalue weighted by molar-refractivity contribution is 7.21. The third-order valence-corrected chi connectivity index (χ3v) is 7.27. The quantitative estimate of drug-likeness (QED) is 0.364. The van der Waals surface area contributed by atoms with Gasteiger partial charge in [-0.15, -0.1) is 11.3 Å². The van der Waals surface area contributed by atoms with Crippen LogP contribution in [0, 0.1) is 5.82 Å². The lowest BCUT2D eigenvalue weighted by molar-refractivity contribution is 0.0749. The van der Waals surface area contributed by atoms with Crippen molar-refractivity contribution in [2.75, 3.05) is 38.2 Å². The Morgan fingerprint density at radius 2 is 1.65 bits per heavy atom. The summed E-state index contributed by atoms with van der Waals surface area (Å²) in [5.74, 6) is 1.11. The standard InChI is InChI=1S/C27H25FN2O3S/c1-32-20-12-10-19(11-13-20)29-14-16-30(17-15-29)27(31)26-22(18-33-21-6-3-2-4-7-21)25-23(28)8-5-9-24(25)34-26/h2-13H,14-18H2,1H3. The second kappa shape index (κ2) is 9.73. The van der Waals surface area contributed by atoms with E-state index < -0.39 is 0 Å². The number of halogens is 1. The van der Waals surface area contributed by atoms with Gasteiger partial charge in [0.1, 0.15) is 23.9 Å². The molecule has 2 heterocycles. The molecule has 7 heteroatoms. The highest BCUT2D eigenvalue weighted by Gasteiger charge is 2.28. The van der Waals surface area contributed by atoms with E-state index in [2.05, 4.69) is 4.90 Å². The van der Waals surface area contributed by atoms with Gasteiger partial charge in [-0.25, -0.2) is 4.39 Å². The van der Waals surface area contributed by atoms with Crippen molar-refractivity contribution in [3.63, 3.8) is 0 Å². The zero-order valence-corrected chi connectivity index (χ0v) is 19.7. The molecular formula is C27H25FN2O3S. The summed E-state index contributed by atoms with van der Waals surface area (Å²) in [5, 5.41) is 0.476. The van der Waals surface area contributed by atoms with Gasteiger partial charge in [-0.05, 0) is 48.5 Å². The molecule has 0 spiro atoms. The molecule has 5 nitrogen and oxygen atoms in total. The molecule has 0 saturated carbocycles. The number of rotatable bonds is 6. The van der Waals surface area contributed by atoms with Crippen LogP contribution in [0.15, 0.2) is 72.8 Å². The van der Waals surface area contributed by atoms with Gasteiger partial charge in [0.05, 0.1) is 12.0 Å². The molecule has 1 aliphatic heterocycles. The zero-order valence-electron chi connectivity index (χ0n) is 18.9. The third kappa shape index (κ3) is 4.43. The Hall–Kier alpha value is -3.58. The Kier molecular flexibility index (Phi) is 6.36. The topological polar surface area (TPSA) is 42.0 Å². The molecule has 174 valence electrons. The maximum Gasteiger partial charge on any atom is 0.264 e. The first kappa shape index (κ1) is 22.2. The molecule has 1 aromatic heterocycles.